The molecule has 0 heterocycles. The number of carbonyl (C=O) groups is 1. The second-order valence-electron chi connectivity index (χ2n) is 3.88. The molecule has 0 aliphatic carbocycles. The summed E-state index contributed by atoms with van der Waals surface area (Å²) in [6.07, 6.45) is 0. The van der Waals surface area contributed by atoms with Gasteiger partial charge in [0.1, 0.15) is 12.4 Å². The summed E-state index contributed by atoms with van der Waals surface area (Å²) in [5, 5.41) is 20.2. The van der Waals surface area contributed by atoms with E-state index in [1.54, 1.807) is 0 Å². The summed E-state index contributed by atoms with van der Waals surface area (Å²) in [6.45, 7) is 0.336. The highest BCUT2D eigenvalue weighted by molar-refractivity contribution is 14.1. The molecule has 0 aliphatic heterocycles. The summed E-state index contributed by atoms with van der Waals surface area (Å²) in [5.41, 5.74) is 0.733. The van der Waals surface area contributed by atoms with Crippen molar-refractivity contribution in [3.63, 3.8) is 0 Å². The van der Waals surface area contributed by atoms with Gasteiger partial charge in [-0.15, -0.1) is 0 Å². The zero-order valence-electron chi connectivity index (χ0n) is 9.80. The van der Waals surface area contributed by atoms with Gasteiger partial charge < -0.3 is 14.9 Å². The topological polar surface area (TPSA) is 69.6 Å². The van der Waals surface area contributed by atoms with Gasteiger partial charge in [-0.05, 0) is 58.5 Å². The van der Waals surface area contributed by atoms with Crippen LogP contribution in [0.2, 0.25) is 0 Å². The summed E-state index contributed by atoms with van der Waals surface area (Å²) < 4.78 is 6.59. The van der Waals surface area contributed by atoms with Crippen molar-refractivity contribution in [2.45, 2.75) is 6.61 Å². The second kappa shape index (κ2) is 5.92. The van der Waals surface area contributed by atoms with Gasteiger partial charge in [-0.1, -0.05) is 17.9 Å². The minimum absolute atomic E-state index is 0.249. The molecule has 2 aromatic rings. The SMILES string of the molecule is O=C(O)c1ccc(OCc2ccc(I)cc2)cc1[O-]. The van der Waals surface area contributed by atoms with E-state index in [2.05, 4.69) is 22.6 Å². The third kappa shape index (κ3) is 3.60. The molecule has 0 aliphatic rings. The molecule has 0 fully saturated rings. The number of benzene rings is 2. The van der Waals surface area contributed by atoms with E-state index in [4.69, 9.17) is 9.84 Å². The highest BCUT2D eigenvalue weighted by Gasteiger charge is 2.04. The van der Waals surface area contributed by atoms with Crippen LogP contribution in [0.15, 0.2) is 42.5 Å². The number of hydrogen-bond donors (Lipinski definition) is 1. The van der Waals surface area contributed by atoms with Crippen molar-refractivity contribution >= 4 is 28.6 Å². The van der Waals surface area contributed by atoms with Gasteiger partial charge in [0, 0.05) is 3.57 Å². The normalized spacial score (nSPS) is 10.2. The lowest BCUT2D eigenvalue weighted by molar-refractivity contribution is -0.268. The summed E-state index contributed by atoms with van der Waals surface area (Å²) >= 11 is 2.21. The Morgan fingerprint density at radius 2 is 1.89 bits per heavy atom. The van der Waals surface area contributed by atoms with Crippen molar-refractivity contribution in [3.05, 3.63) is 57.2 Å². The zero-order valence-corrected chi connectivity index (χ0v) is 12.0. The molecule has 0 aromatic heterocycles. The highest BCUT2D eigenvalue weighted by Crippen LogP contribution is 2.22. The molecule has 0 amide bonds. The van der Waals surface area contributed by atoms with Gasteiger partial charge in [0.05, 0.1) is 5.56 Å². The smallest absolute Gasteiger partial charge is 0.335 e. The number of carboxylic acid groups (broad SMARTS) is 1. The van der Waals surface area contributed by atoms with Crippen LogP contribution >= 0.6 is 22.6 Å². The number of hydrogen-bond acceptors (Lipinski definition) is 3. The first-order chi connectivity index (χ1) is 9.06. The summed E-state index contributed by atoms with van der Waals surface area (Å²) in [6, 6.07) is 11.7. The van der Waals surface area contributed by atoms with Crippen LogP contribution in [0.5, 0.6) is 11.5 Å². The van der Waals surface area contributed by atoms with Crippen LogP contribution in [0.25, 0.3) is 0 Å². The fourth-order valence-electron chi connectivity index (χ4n) is 1.52. The fourth-order valence-corrected chi connectivity index (χ4v) is 1.88. The average Bonchev–Trinajstić information content (AvgIpc) is 2.37. The van der Waals surface area contributed by atoms with E-state index in [1.165, 1.54) is 18.2 Å². The van der Waals surface area contributed by atoms with Gasteiger partial charge in [-0.2, -0.15) is 0 Å². The molecule has 98 valence electrons. The van der Waals surface area contributed by atoms with Crippen LogP contribution < -0.4 is 9.84 Å². The molecular weight excluding hydrogens is 359 g/mol. The Hall–Kier alpha value is -1.76. The van der Waals surface area contributed by atoms with Crippen molar-refractivity contribution in [1.82, 2.24) is 0 Å². The van der Waals surface area contributed by atoms with Crippen LogP contribution in [0.4, 0.5) is 0 Å². The van der Waals surface area contributed by atoms with Gasteiger partial charge in [0.25, 0.3) is 0 Å². The quantitative estimate of drug-likeness (QED) is 0.842. The standard InChI is InChI=1S/C14H11IO4/c15-10-3-1-9(2-4-10)8-19-11-5-6-12(14(17)18)13(16)7-11/h1-7,16H,8H2,(H,17,18)/p-1. The number of aromatic carboxylic acids is 1. The number of rotatable bonds is 4. The molecule has 19 heavy (non-hydrogen) atoms. The van der Waals surface area contributed by atoms with Crippen LogP contribution in [0, 0.1) is 3.57 Å². The van der Waals surface area contributed by atoms with Gasteiger partial charge in [-0.3, -0.25) is 0 Å². The van der Waals surface area contributed by atoms with E-state index in [9.17, 15) is 9.90 Å². The Morgan fingerprint density at radius 1 is 1.21 bits per heavy atom. The van der Waals surface area contributed by atoms with Gasteiger partial charge >= 0.3 is 5.97 Å². The van der Waals surface area contributed by atoms with Gasteiger partial charge in [0.2, 0.25) is 0 Å². The fraction of sp³-hybridized carbons (Fsp3) is 0.0714. The number of carboxylic acids is 1. The van der Waals surface area contributed by atoms with Crippen LogP contribution in [0.1, 0.15) is 15.9 Å². The molecule has 0 bridgehead atoms. The molecule has 0 radical (unpaired) electrons. The first kappa shape index (κ1) is 13.7. The van der Waals surface area contributed by atoms with E-state index < -0.39 is 11.7 Å². The monoisotopic (exact) mass is 369 g/mol. The molecule has 5 heteroatoms. The third-order valence-electron chi connectivity index (χ3n) is 2.50. The number of ether oxygens (including phenoxy) is 1. The van der Waals surface area contributed by atoms with Crippen molar-refractivity contribution in [2.24, 2.45) is 0 Å². The average molecular weight is 369 g/mol. The molecule has 2 rings (SSSR count). The Kier molecular flexibility index (Phi) is 4.26. The summed E-state index contributed by atoms with van der Waals surface area (Å²) in [5.74, 6) is -1.41. The van der Waals surface area contributed by atoms with Crippen molar-refractivity contribution in [1.29, 1.82) is 0 Å². The Labute approximate surface area is 123 Å². The first-order valence-corrected chi connectivity index (χ1v) is 6.56. The lowest BCUT2D eigenvalue weighted by atomic mass is 10.2. The second-order valence-corrected chi connectivity index (χ2v) is 5.12. The van der Waals surface area contributed by atoms with Crippen molar-refractivity contribution < 1.29 is 19.7 Å². The highest BCUT2D eigenvalue weighted by atomic mass is 127. The molecule has 0 spiro atoms. The predicted molar refractivity (Wildman–Crippen MR) is 76.3 cm³/mol. The summed E-state index contributed by atoms with van der Waals surface area (Å²) in [4.78, 5) is 10.7. The van der Waals surface area contributed by atoms with Crippen LogP contribution in [-0.4, -0.2) is 11.1 Å². The molecular formula is C14H10IO4-. The molecule has 1 N–H and O–H groups in total. The molecule has 2 aromatic carbocycles. The van der Waals surface area contributed by atoms with Gasteiger partial charge in [-0.25, -0.2) is 4.79 Å². The third-order valence-corrected chi connectivity index (χ3v) is 3.22. The van der Waals surface area contributed by atoms with E-state index in [0.29, 0.717) is 12.4 Å². The van der Waals surface area contributed by atoms with Crippen molar-refractivity contribution in [2.75, 3.05) is 0 Å². The maximum absolute atomic E-state index is 11.5. The maximum atomic E-state index is 11.5. The molecule has 4 nitrogen and oxygen atoms in total. The van der Waals surface area contributed by atoms with E-state index in [1.807, 2.05) is 24.3 Å². The zero-order chi connectivity index (χ0) is 13.8. The lowest BCUT2D eigenvalue weighted by Gasteiger charge is -2.13. The number of halogens is 1. The predicted octanol–water partition coefficient (Wildman–Crippen LogP) is 2.64. The molecule has 0 saturated carbocycles. The Morgan fingerprint density at radius 3 is 2.47 bits per heavy atom. The van der Waals surface area contributed by atoms with Crippen LogP contribution in [0.3, 0.4) is 0 Å². The van der Waals surface area contributed by atoms with E-state index in [-0.39, 0.29) is 5.56 Å². The van der Waals surface area contributed by atoms with E-state index in [0.717, 1.165) is 9.13 Å². The molecule has 0 unspecified atom stereocenters. The molecule has 0 saturated heterocycles. The molecule has 0 atom stereocenters. The lowest BCUT2D eigenvalue weighted by Crippen LogP contribution is -2.04. The Balaban J connectivity index is 2.06. The Bertz CT molecular complexity index is 593. The largest absolute Gasteiger partial charge is 0.872 e. The maximum Gasteiger partial charge on any atom is 0.335 e. The minimum Gasteiger partial charge on any atom is -0.872 e. The van der Waals surface area contributed by atoms with Crippen molar-refractivity contribution in [3.8, 4) is 11.5 Å². The minimum atomic E-state index is -1.23. The van der Waals surface area contributed by atoms with E-state index >= 15 is 0 Å². The summed E-state index contributed by atoms with van der Waals surface area (Å²) in [7, 11) is 0. The van der Waals surface area contributed by atoms with Gasteiger partial charge in [0.15, 0.2) is 0 Å². The van der Waals surface area contributed by atoms with Crippen LogP contribution in [-0.2, 0) is 6.61 Å². The first-order valence-electron chi connectivity index (χ1n) is 5.48.